The van der Waals surface area contributed by atoms with Crippen LogP contribution >= 0.6 is 0 Å². The number of piperidine rings is 1. The Bertz CT molecular complexity index is 849. The van der Waals surface area contributed by atoms with E-state index in [1.807, 2.05) is 18.3 Å². The largest absolute Gasteiger partial charge is 0.497 e. The predicted octanol–water partition coefficient (Wildman–Crippen LogP) is 4.39. The molecule has 2 aromatic rings. The lowest BCUT2D eigenvalue weighted by molar-refractivity contribution is -0.139. The first-order chi connectivity index (χ1) is 14.1. The molecule has 1 aliphatic heterocycles. The number of pyridine rings is 1. The lowest BCUT2D eigenvalue weighted by Crippen LogP contribution is -2.42. The number of fused-ring (bicyclic) bond motifs is 1. The van der Waals surface area contributed by atoms with Gasteiger partial charge in [0.2, 0.25) is 0 Å². The van der Waals surface area contributed by atoms with Crippen molar-refractivity contribution in [2.45, 2.75) is 44.9 Å². The number of carbonyl (C=O) groups is 1. The molecule has 156 valence electrons. The Morgan fingerprint density at radius 3 is 2.86 bits per heavy atom. The number of likely N-dealkylation sites (tertiary alicyclic amines) is 1. The molecule has 0 radical (unpaired) electrons. The fraction of sp³-hybridized carbons (Fsp3) is 0.583. The van der Waals surface area contributed by atoms with Crippen LogP contribution < -0.4 is 4.74 Å². The third-order valence-corrected chi connectivity index (χ3v) is 6.69. The zero-order chi connectivity index (χ0) is 20.2. The van der Waals surface area contributed by atoms with Crippen molar-refractivity contribution >= 4 is 16.9 Å². The molecule has 2 atom stereocenters. The lowest BCUT2D eigenvalue weighted by Gasteiger charge is -2.38. The quantitative estimate of drug-likeness (QED) is 0.681. The molecule has 29 heavy (non-hydrogen) atoms. The van der Waals surface area contributed by atoms with E-state index in [-0.39, 0.29) is 5.92 Å². The molecule has 2 fully saturated rings. The van der Waals surface area contributed by atoms with Crippen LogP contribution in [0.4, 0.5) is 0 Å². The zero-order valence-electron chi connectivity index (χ0n) is 17.3. The van der Waals surface area contributed by atoms with Gasteiger partial charge in [-0.15, -0.1) is 0 Å². The monoisotopic (exact) mass is 396 g/mol. The van der Waals surface area contributed by atoms with Gasteiger partial charge in [-0.05, 0) is 92.7 Å². The van der Waals surface area contributed by atoms with E-state index in [2.05, 4.69) is 22.0 Å². The Morgan fingerprint density at radius 1 is 1.24 bits per heavy atom. The number of aliphatic carboxylic acids is 1. The lowest BCUT2D eigenvalue weighted by atomic mass is 9.79. The number of ether oxygens (including phenoxy) is 1. The summed E-state index contributed by atoms with van der Waals surface area (Å²) in [5.41, 5.74) is 2.30. The van der Waals surface area contributed by atoms with E-state index in [1.165, 1.54) is 24.9 Å². The summed E-state index contributed by atoms with van der Waals surface area (Å²) in [6, 6.07) is 8.14. The standard InChI is InChI=1S/C24H32N2O3/c1-29-21-7-8-23-22(14-21)19(9-11-25-23)4-2-3-18-10-12-26(15-17-5-6-17)16-20(18)13-24(27)28/h7-9,11,14,17-18,20H,2-6,10,12-13,15-16H2,1H3,(H,27,28)/t18-,20+/m1/s1. The molecule has 2 aliphatic rings. The van der Waals surface area contributed by atoms with Crippen LogP contribution in [0.3, 0.4) is 0 Å². The number of aromatic nitrogens is 1. The Kier molecular flexibility index (Phi) is 6.34. The molecule has 0 amide bonds. The van der Waals surface area contributed by atoms with Crippen LogP contribution in [0.1, 0.15) is 44.1 Å². The highest BCUT2D eigenvalue weighted by Crippen LogP contribution is 2.35. The molecule has 0 bridgehead atoms. The van der Waals surface area contributed by atoms with Crippen molar-refractivity contribution in [3.63, 3.8) is 0 Å². The number of hydrogen-bond acceptors (Lipinski definition) is 4. The minimum Gasteiger partial charge on any atom is -0.497 e. The molecular formula is C24H32N2O3. The summed E-state index contributed by atoms with van der Waals surface area (Å²) in [6.07, 6.45) is 9.21. The first kappa shape index (κ1) is 20.1. The molecule has 1 aliphatic carbocycles. The van der Waals surface area contributed by atoms with Crippen molar-refractivity contribution < 1.29 is 14.6 Å². The van der Waals surface area contributed by atoms with E-state index in [0.29, 0.717) is 12.3 Å². The van der Waals surface area contributed by atoms with Crippen LogP contribution in [0.2, 0.25) is 0 Å². The van der Waals surface area contributed by atoms with Crippen LogP contribution in [-0.4, -0.2) is 47.7 Å². The van der Waals surface area contributed by atoms with Crippen molar-refractivity contribution in [1.82, 2.24) is 9.88 Å². The van der Waals surface area contributed by atoms with E-state index < -0.39 is 5.97 Å². The second-order valence-electron chi connectivity index (χ2n) is 8.86. The van der Waals surface area contributed by atoms with Crippen LogP contribution in [0, 0.1) is 17.8 Å². The molecule has 4 rings (SSSR count). The number of aryl methyl sites for hydroxylation is 1. The molecule has 0 spiro atoms. The Balaban J connectivity index is 1.37. The summed E-state index contributed by atoms with van der Waals surface area (Å²) in [7, 11) is 1.69. The molecule has 1 N–H and O–H groups in total. The van der Waals surface area contributed by atoms with Gasteiger partial charge < -0.3 is 14.7 Å². The summed E-state index contributed by atoms with van der Waals surface area (Å²) in [6.45, 7) is 3.27. The van der Waals surface area contributed by atoms with E-state index in [9.17, 15) is 9.90 Å². The summed E-state index contributed by atoms with van der Waals surface area (Å²) in [4.78, 5) is 18.4. The summed E-state index contributed by atoms with van der Waals surface area (Å²) < 4.78 is 5.38. The third-order valence-electron chi connectivity index (χ3n) is 6.69. The minimum absolute atomic E-state index is 0.286. The van der Waals surface area contributed by atoms with Crippen molar-refractivity contribution in [2.24, 2.45) is 17.8 Å². The van der Waals surface area contributed by atoms with Crippen molar-refractivity contribution in [1.29, 1.82) is 0 Å². The van der Waals surface area contributed by atoms with Crippen molar-refractivity contribution in [3.8, 4) is 5.75 Å². The van der Waals surface area contributed by atoms with Gasteiger partial charge in [-0.3, -0.25) is 9.78 Å². The minimum atomic E-state index is -0.652. The Morgan fingerprint density at radius 2 is 2.10 bits per heavy atom. The highest BCUT2D eigenvalue weighted by atomic mass is 16.5. The van der Waals surface area contributed by atoms with Gasteiger partial charge in [0.15, 0.2) is 0 Å². The Hall–Kier alpha value is -2.14. The van der Waals surface area contributed by atoms with Gasteiger partial charge in [0.1, 0.15) is 5.75 Å². The van der Waals surface area contributed by atoms with Gasteiger partial charge in [-0.2, -0.15) is 0 Å². The number of carboxylic acid groups (broad SMARTS) is 1. The third kappa shape index (κ3) is 5.27. The maximum absolute atomic E-state index is 11.4. The van der Waals surface area contributed by atoms with E-state index >= 15 is 0 Å². The first-order valence-electron chi connectivity index (χ1n) is 11.0. The fourth-order valence-corrected chi connectivity index (χ4v) is 4.90. The highest BCUT2D eigenvalue weighted by molar-refractivity contribution is 5.83. The molecule has 5 heteroatoms. The van der Waals surface area contributed by atoms with Gasteiger partial charge in [0.25, 0.3) is 0 Å². The average molecular weight is 397 g/mol. The first-order valence-corrected chi connectivity index (χ1v) is 11.0. The second-order valence-corrected chi connectivity index (χ2v) is 8.86. The maximum atomic E-state index is 11.4. The molecule has 1 saturated heterocycles. The zero-order valence-corrected chi connectivity index (χ0v) is 17.3. The predicted molar refractivity (Wildman–Crippen MR) is 114 cm³/mol. The number of nitrogens with zero attached hydrogens (tertiary/aromatic N) is 2. The van der Waals surface area contributed by atoms with Gasteiger partial charge in [0, 0.05) is 31.1 Å². The topological polar surface area (TPSA) is 62.7 Å². The Labute approximate surface area is 173 Å². The number of rotatable bonds is 9. The van der Waals surface area contributed by atoms with Crippen LogP contribution in [0.25, 0.3) is 10.9 Å². The molecule has 2 heterocycles. The van der Waals surface area contributed by atoms with Crippen LogP contribution in [0.15, 0.2) is 30.5 Å². The number of carboxylic acids is 1. The smallest absolute Gasteiger partial charge is 0.303 e. The maximum Gasteiger partial charge on any atom is 0.303 e. The van der Waals surface area contributed by atoms with Crippen molar-refractivity contribution in [2.75, 3.05) is 26.7 Å². The molecule has 5 nitrogen and oxygen atoms in total. The molecular weight excluding hydrogens is 364 g/mol. The van der Waals surface area contributed by atoms with Crippen LogP contribution in [-0.2, 0) is 11.2 Å². The summed E-state index contributed by atoms with van der Waals surface area (Å²) in [5, 5.41) is 10.6. The van der Waals surface area contributed by atoms with Crippen molar-refractivity contribution in [3.05, 3.63) is 36.0 Å². The van der Waals surface area contributed by atoms with E-state index in [0.717, 1.165) is 61.3 Å². The van der Waals surface area contributed by atoms with Gasteiger partial charge in [-0.1, -0.05) is 0 Å². The molecule has 1 aromatic carbocycles. The van der Waals surface area contributed by atoms with E-state index in [1.54, 1.807) is 7.11 Å². The van der Waals surface area contributed by atoms with Gasteiger partial charge in [0.05, 0.1) is 12.6 Å². The average Bonchev–Trinajstić information content (AvgIpc) is 3.53. The normalized spacial score (nSPS) is 22.7. The van der Waals surface area contributed by atoms with E-state index in [4.69, 9.17) is 4.74 Å². The number of benzene rings is 1. The number of hydrogen-bond donors (Lipinski definition) is 1. The SMILES string of the molecule is COc1ccc2nccc(CCC[C@@H]3CCN(CC4CC4)C[C@@H]3CC(=O)O)c2c1. The highest BCUT2D eigenvalue weighted by Gasteiger charge is 2.33. The summed E-state index contributed by atoms with van der Waals surface area (Å²) in [5.74, 6) is 1.88. The number of methoxy groups -OCH3 is 1. The summed E-state index contributed by atoms with van der Waals surface area (Å²) >= 11 is 0. The second kappa shape index (κ2) is 9.12. The molecule has 1 aromatic heterocycles. The molecule has 1 saturated carbocycles. The fourth-order valence-electron chi connectivity index (χ4n) is 4.90. The molecule has 0 unspecified atom stereocenters. The van der Waals surface area contributed by atoms with Gasteiger partial charge in [-0.25, -0.2) is 0 Å². The van der Waals surface area contributed by atoms with Crippen LogP contribution in [0.5, 0.6) is 5.75 Å². The van der Waals surface area contributed by atoms with Gasteiger partial charge >= 0.3 is 5.97 Å².